The van der Waals surface area contributed by atoms with E-state index < -0.39 is 10.0 Å². The third-order valence-corrected chi connectivity index (χ3v) is 5.57. The van der Waals surface area contributed by atoms with Gasteiger partial charge >= 0.3 is 0 Å². The maximum absolute atomic E-state index is 11.5. The van der Waals surface area contributed by atoms with Crippen LogP contribution in [-0.2, 0) is 23.1 Å². The van der Waals surface area contributed by atoms with E-state index in [0.717, 1.165) is 24.6 Å². The van der Waals surface area contributed by atoms with E-state index >= 15 is 0 Å². The first-order chi connectivity index (χ1) is 12.8. The molecule has 0 amide bonds. The summed E-state index contributed by atoms with van der Waals surface area (Å²) in [4.78, 5) is 8.00. The van der Waals surface area contributed by atoms with Crippen molar-refractivity contribution in [3.63, 3.8) is 0 Å². The molecule has 0 saturated heterocycles. The van der Waals surface area contributed by atoms with Crippen LogP contribution in [0.5, 0.6) is 0 Å². The number of nitrogens with one attached hydrogen (secondary N) is 1. The first-order valence-electron chi connectivity index (χ1n) is 8.57. The van der Waals surface area contributed by atoms with Gasteiger partial charge in [0.1, 0.15) is 0 Å². The van der Waals surface area contributed by atoms with E-state index in [4.69, 9.17) is 5.14 Å². The van der Waals surface area contributed by atoms with Gasteiger partial charge in [-0.05, 0) is 48.6 Å². The zero-order chi connectivity index (χ0) is 19.9. The number of thioether (sulfide) groups is 1. The molecule has 0 heterocycles. The Morgan fingerprint density at radius 3 is 2.48 bits per heavy atom. The molecule has 0 saturated carbocycles. The predicted octanol–water partition coefficient (Wildman–Crippen LogP) is 2.65. The normalized spacial score (nSPS) is 12.1. The van der Waals surface area contributed by atoms with Crippen molar-refractivity contribution in [2.24, 2.45) is 10.1 Å². The van der Waals surface area contributed by atoms with E-state index in [9.17, 15) is 8.42 Å². The highest BCUT2D eigenvalue weighted by Crippen LogP contribution is 2.16. The summed E-state index contributed by atoms with van der Waals surface area (Å²) in [5, 5.41) is 8.47. The van der Waals surface area contributed by atoms with Crippen molar-refractivity contribution in [1.82, 2.24) is 10.2 Å². The van der Waals surface area contributed by atoms with E-state index in [-0.39, 0.29) is 4.90 Å². The van der Waals surface area contributed by atoms with Crippen molar-refractivity contribution in [1.29, 1.82) is 0 Å². The van der Waals surface area contributed by atoms with Crippen LogP contribution in [0.4, 0.5) is 0 Å². The number of rotatable bonds is 7. The molecule has 2 aromatic carbocycles. The van der Waals surface area contributed by atoms with Gasteiger partial charge in [-0.2, -0.15) is 0 Å². The lowest BCUT2D eigenvalue weighted by molar-refractivity contribution is 0.476. The zero-order valence-electron chi connectivity index (χ0n) is 15.8. The standard InChI is InChI=1S/C19H26N4O2S2/c1-4-21-19(23(2)14-15-8-10-17(26-3)11-9-15)22-13-16-6-5-7-18(12-16)27(20,24)25/h5-12H,4,13-14H2,1-3H3,(H,21,22)(H2,20,24,25). The maximum atomic E-state index is 11.5. The Morgan fingerprint density at radius 2 is 1.89 bits per heavy atom. The molecule has 0 radical (unpaired) electrons. The molecule has 0 aliphatic heterocycles. The van der Waals surface area contributed by atoms with E-state index in [1.54, 1.807) is 23.9 Å². The minimum Gasteiger partial charge on any atom is -0.357 e. The highest BCUT2D eigenvalue weighted by atomic mass is 32.2. The Labute approximate surface area is 165 Å². The number of hydrogen-bond donors (Lipinski definition) is 2. The number of benzene rings is 2. The zero-order valence-corrected chi connectivity index (χ0v) is 17.5. The van der Waals surface area contributed by atoms with Gasteiger partial charge in [0, 0.05) is 25.0 Å². The number of nitrogens with zero attached hydrogens (tertiary/aromatic N) is 2. The quantitative estimate of drug-likeness (QED) is 0.419. The molecule has 0 bridgehead atoms. The molecule has 27 heavy (non-hydrogen) atoms. The van der Waals surface area contributed by atoms with Gasteiger partial charge in [0.2, 0.25) is 10.0 Å². The second-order valence-electron chi connectivity index (χ2n) is 6.07. The lowest BCUT2D eigenvalue weighted by Gasteiger charge is -2.22. The smallest absolute Gasteiger partial charge is 0.238 e. The van der Waals surface area contributed by atoms with Crippen LogP contribution in [-0.4, -0.2) is 39.1 Å². The summed E-state index contributed by atoms with van der Waals surface area (Å²) in [7, 11) is -1.74. The molecule has 0 unspecified atom stereocenters. The van der Waals surface area contributed by atoms with E-state index in [0.29, 0.717) is 6.54 Å². The second kappa shape index (κ2) is 9.77. The second-order valence-corrected chi connectivity index (χ2v) is 8.51. The lowest BCUT2D eigenvalue weighted by atomic mass is 10.2. The fraction of sp³-hybridized carbons (Fsp3) is 0.316. The van der Waals surface area contributed by atoms with Gasteiger partial charge in [-0.1, -0.05) is 24.3 Å². The van der Waals surface area contributed by atoms with Crippen LogP contribution in [0.1, 0.15) is 18.1 Å². The number of sulfonamides is 1. The highest BCUT2D eigenvalue weighted by molar-refractivity contribution is 7.98. The average Bonchev–Trinajstić information content (AvgIpc) is 2.65. The summed E-state index contributed by atoms with van der Waals surface area (Å²) in [6.45, 7) is 3.84. The summed E-state index contributed by atoms with van der Waals surface area (Å²) < 4.78 is 23.0. The van der Waals surface area contributed by atoms with Crippen molar-refractivity contribution in [3.8, 4) is 0 Å². The van der Waals surface area contributed by atoms with Gasteiger partial charge < -0.3 is 10.2 Å². The van der Waals surface area contributed by atoms with Crippen molar-refractivity contribution in [2.45, 2.75) is 29.8 Å². The third kappa shape index (κ3) is 6.57. The number of guanidine groups is 1. The first-order valence-corrected chi connectivity index (χ1v) is 11.3. The third-order valence-electron chi connectivity index (χ3n) is 3.91. The number of nitrogens with two attached hydrogens (primary N) is 1. The molecular weight excluding hydrogens is 380 g/mol. The Balaban J connectivity index is 2.12. The Kier molecular flexibility index (Phi) is 7.70. The fourth-order valence-electron chi connectivity index (χ4n) is 2.54. The molecule has 8 heteroatoms. The Hall–Kier alpha value is -2.03. The first kappa shape index (κ1) is 21.3. The van der Waals surface area contributed by atoms with E-state index in [1.807, 2.05) is 24.9 Å². The van der Waals surface area contributed by atoms with Crippen molar-refractivity contribution >= 4 is 27.7 Å². The topological polar surface area (TPSA) is 87.8 Å². The minimum atomic E-state index is -3.71. The monoisotopic (exact) mass is 406 g/mol. The van der Waals surface area contributed by atoms with Crippen LogP contribution in [0, 0.1) is 0 Å². The summed E-state index contributed by atoms with van der Waals surface area (Å²) in [6, 6.07) is 15.0. The van der Waals surface area contributed by atoms with Crippen LogP contribution in [0.25, 0.3) is 0 Å². The van der Waals surface area contributed by atoms with Gasteiger partial charge in [0.05, 0.1) is 11.4 Å². The number of hydrogen-bond acceptors (Lipinski definition) is 4. The molecular formula is C19H26N4O2S2. The van der Waals surface area contributed by atoms with Gasteiger partial charge in [0.25, 0.3) is 0 Å². The van der Waals surface area contributed by atoms with E-state index in [1.165, 1.54) is 16.5 Å². The molecule has 0 aromatic heterocycles. The molecule has 0 atom stereocenters. The summed E-state index contributed by atoms with van der Waals surface area (Å²) in [5.41, 5.74) is 1.98. The van der Waals surface area contributed by atoms with Crippen molar-refractivity contribution in [2.75, 3.05) is 19.8 Å². The van der Waals surface area contributed by atoms with E-state index in [2.05, 4.69) is 40.8 Å². The molecule has 0 spiro atoms. The van der Waals surface area contributed by atoms with Gasteiger partial charge in [-0.3, -0.25) is 0 Å². The van der Waals surface area contributed by atoms with Gasteiger partial charge in [-0.15, -0.1) is 11.8 Å². The van der Waals surface area contributed by atoms with Crippen molar-refractivity contribution < 1.29 is 8.42 Å². The Bertz CT molecular complexity index is 881. The molecule has 2 rings (SSSR count). The molecule has 6 nitrogen and oxygen atoms in total. The maximum Gasteiger partial charge on any atom is 0.238 e. The minimum absolute atomic E-state index is 0.0995. The van der Waals surface area contributed by atoms with Gasteiger partial charge in [-0.25, -0.2) is 18.5 Å². The van der Waals surface area contributed by atoms with Crippen LogP contribution >= 0.6 is 11.8 Å². The van der Waals surface area contributed by atoms with Crippen LogP contribution in [0.2, 0.25) is 0 Å². The molecule has 0 aliphatic carbocycles. The van der Waals surface area contributed by atoms with Crippen LogP contribution < -0.4 is 10.5 Å². The number of aliphatic imine (C=N–C) groups is 1. The molecule has 146 valence electrons. The molecule has 0 fully saturated rings. The summed E-state index contributed by atoms with van der Waals surface area (Å²) in [6.07, 6.45) is 2.06. The summed E-state index contributed by atoms with van der Waals surface area (Å²) in [5.74, 6) is 0.757. The fourth-order valence-corrected chi connectivity index (χ4v) is 3.53. The van der Waals surface area contributed by atoms with Crippen LogP contribution in [0.15, 0.2) is 63.3 Å². The van der Waals surface area contributed by atoms with Gasteiger partial charge in [0.15, 0.2) is 5.96 Å². The van der Waals surface area contributed by atoms with Crippen molar-refractivity contribution in [3.05, 3.63) is 59.7 Å². The number of primary sulfonamides is 1. The van der Waals surface area contributed by atoms with Crippen LogP contribution in [0.3, 0.4) is 0 Å². The molecule has 3 N–H and O–H groups in total. The predicted molar refractivity (Wildman–Crippen MR) is 112 cm³/mol. The lowest BCUT2D eigenvalue weighted by Crippen LogP contribution is -2.38. The molecule has 0 aliphatic rings. The largest absolute Gasteiger partial charge is 0.357 e. The Morgan fingerprint density at radius 1 is 1.19 bits per heavy atom. The summed E-state index contributed by atoms with van der Waals surface area (Å²) >= 11 is 1.72. The SMILES string of the molecule is CCNC(=NCc1cccc(S(N)(=O)=O)c1)N(C)Cc1ccc(SC)cc1. The highest BCUT2D eigenvalue weighted by Gasteiger charge is 2.09. The molecule has 2 aromatic rings. The average molecular weight is 407 g/mol.